The van der Waals surface area contributed by atoms with Crippen molar-refractivity contribution in [1.29, 1.82) is 0 Å². The zero-order valence-corrected chi connectivity index (χ0v) is 14.3. The van der Waals surface area contributed by atoms with E-state index in [1.165, 1.54) is 23.7 Å². The van der Waals surface area contributed by atoms with E-state index in [-0.39, 0.29) is 0 Å². The molecule has 0 aliphatic carbocycles. The Labute approximate surface area is 133 Å². The lowest BCUT2D eigenvalue weighted by atomic mass is 10.2. The topological polar surface area (TPSA) is 99.6 Å². The van der Waals surface area contributed by atoms with Crippen molar-refractivity contribution in [3.05, 3.63) is 44.2 Å². The molecule has 0 radical (unpaired) electrons. The minimum absolute atomic E-state index is 0.353. The number of aromatic nitrogens is 2. The molecule has 0 saturated carbocycles. The summed E-state index contributed by atoms with van der Waals surface area (Å²) in [6.07, 6.45) is 1.75. The van der Waals surface area contributed by atoms with Gasteiger partial charge in [-0.1, -0.05) is 0 Å². The first-order chi connectivity index (χ1) is 11.0. The molecule has 0 spiro atoms. The quantitative estimate of drug-likeness (QED) is 0.620. The molecule has 128 valence electrons. The highest BCUT2D eigenvalue weighted by molar-refractivity contribution is 7.42. The molecule has 3 atom stereocenters. The minimum atomic E-state index is -2.32. The van der Waals surface area contributed by atoms with Crippen LogP contribution in [-0.2, 0) is 18.6 Å². The number of aromatic amines is 1. The molecule has 2 heterocycles. The van der Waals surface area contributed by atoms with Crippen molar-refractivity contribution in [2.45, 2.75) is 39.0 Å². The second-order valence-electron chi connectivity index (χ2n) is 5.14. The van der Waals surface area contributed by atoms with Crippen LogP contribution in [0.3, 0.4) is 0 Å². The second kappa shape index (κ2) is 7.77. The fraction of sp³-hybridized carbons (Fsp3) is 0.571. The molecule has 1 unspecified atom stereocenters. The van der Waals surface area contributed by atoms with Gasteiger partial charge in [0.25, 0.3) is 5.56 Å². The van der Waals surface area contributed by atoms with Crippen LogP contribution in [-0.4, -0.2) is 29.4 Å². The average molecular weight is 344 g/mol. The van der Waals surface area contributed by atoms with Crippen molar-refractivity contribution < 1.29 is 18.6 Å². The van der Waals surface area contributed by atoms with Crippen LogP contribution in [0.4, 0.5) is 0 Å². The Morgan fingerprint density at radius 2 is 2.26 bits per heavy atom. The first-order valence-corrected chi connectivity index (χ1v) is 8.75. The van der Waals surface area contributed by atoms with Crippen LogP contribution < -0.4 is 11.2 Å². The van der Waals surface area contributed by atoms with Crippen LogP contribution in [0.25, 0.3) is 0 Å². The van der Waals surface area contributed by atoms with Crippen molar-refractivity contribution >= 4 is 8.03 Å². The van der Waals surface area contributed by atoms with E-state index in [0.717, 1.165) is 0 Å². The Hall–Kier alpha value is -1.63. The van der Waals surface area contributed by atoms with E-state index in [1.54, 1.807) is 13.8 Å². The number of hydrogen-bond donors (Lipinski definition) is 1. The first-order valence-electron chi connectivity index (χ1n) is 7.36. The standard InChI is InChI=1S/C14H21N2O6P/c1-4-21-23(19)8-11(20-3)10-5-6-12(22-10)16-7-9(2)13(17)15-14(16)18/h7-8,10,12,23H,4-6H2,1-3H3,(H,15,17,18)/b11-8-/t10-,12+/m0/s1. The van der Waals surface area contributed by atoms with E-state index in [2.05, 4.69) is 4.98 Å². The van der Waals surface area contributed by atoms with Gasteiger partial charge in [0.2, 0.25) is 8.03 Å². The lowest BCUT2D eigenvalue weighted by Gasteiger charge is -2.17. The number of methoxy groups -OCH3 is 1. The zero-order chi connectivity index (χ0) is 17.0. The highest BCUT2D eigenvalue weighted by Crippen LogP contribution is 2.35. The van der Waals surface area contributed by atoms with Gasteiger partial charge in [-0.2, -0.15) is 0 Å². The number of ether oxygens (including phenoxy) is 2. The van der Waals surface area contributed by atoms with Crippen LogP contribution >= 0.6 is 8.03 Å². The van der Waals surface area contributed by atoms with E-state index >= 15 is 0 Å². The molecule has 9 heteroatoms. The number of H-pyrrole nitrogens is 1. The predicted molar refractivity (Wildman–Crippen MR) is 84.9 cm³/mol. The van der Waals surface area contributed by atoms with Gasteiger partial charge in [-0.3, -0.25) is 18.9 Å². The molecular formula is C14H21N2O6P. The van der Waals surface area contributed by atoms with Crippen LogP contribution in [0.1, 0.15) is 31.6 Å². The highest BCUT2D eigenvalue weighted by Gasteiger charge is 2.31. The van der Waals surface area contributed by atoms with Gasteiger partial charge < -0.3 is 14.0 Å². The van der Waals surface area contributed by atoms with Gasteiger partial charge in [-0.25, -0.2) is 4.79 Å². The number of rotatable bonds is 6. The maximum atomic E-state index is 11.9. The molecule has 1 saturated heterocycles. The number of aryl methyl sites for hydroxylation is 1. The summed E-state index contributed by atoms with van der Waals surface area (Å²) < 4.78 is 29.2. The van der Waals surface area contributed by atoms with Crippen molar-refractivity contribution in [2.24, 2.45) is 0 Å². The third-order valence-electron chi connectivity index (χ3n) is 3.55. The van der Waals surface area contributed by atoms with Crippen molar-refractivity contribution in [1.82, 2.24) is 9.55 Å². The van der Waals surface area contributed by atoms with Crippen molar-refractivity contribution in [3.63, 3.8) is 0 Å². The van der Waals surface area contributed by atoms with E-state index in [1.807, 2.05) is 0 Å². The largest absolute Gasteiger partial charge is 0.498 e. The smallest absolute Gasteiger partial charge is 0.330 e. The third-order valence-corrected chi connectivity index (χ3v) is 4.65. The average Bonchev–Trinajstić information content (AvgIpc) is 2.98. The Morgan fingerprint density at radius 1 is 1.52 bits per heavy atom. The Morgan fingerprint density at radius 3 is 2.91 bits per heavy atom. The Balaban J connectivity index is 2.17. The molecule has 0 bridgehead atoms. The molecule has 23 heavy (non-hydrogen) atoms. The maximum absolute atomic E-state index is 11.9. The monoisotopic (exact) mass is 344 g/mol. The fourth-order valence-electron chi connectivity index (χ4n) is 2.42. The van der Waals surface area contributed by atoms with Crippen LogP contribution in [0.15, 0.2) is 27.4 Å². The number of nitrogens with zero attached hydrogens (tertiary/aromatic N) is 1. The first kappa shape index (κ1) is 17.7. The molecule has 1 aliphatic rings. The number of nitrogens with one attached hydrogen (secondary N) is 1. The fourth-order valence-corrected chi connectivity index (χ4v) is 3.32. The molecular weight excluding hydrogens is 323 g/mol. The summed E-state index contributed by atoms with van der Waals surface area (Å²) in [5.74, 6) is 1.86. The van der Waals surface area contributed by atoms with Gasteiger partial charge >= 0.3 is 5.69 Å². The van der Waals surface area contributed by atoms with Gasteiger partial charge in [0.05, 0.1) is 13.7 Å². The molecule has 8 nitrogen and oxygen atoms in total. The normalized spacial score (nSPS) is 23.0. The lowest BCUT2D eigenvalue weighted by Crippen LogP contribution is -2.33. The van der Waals surface area contributed by atoms with Crippen LogP contribution in [0, 0.1) is 6.92 Å². The SMILES string of the molecule is CCO[PH](=O)/C=C(\OC)[C@@H]1CC[C@H](n2cc(C)c(=O)[nH]c2=O)O1. The van der Waals surface area contributed by atoms with Crippen molar-refractivity contribution in [2.75, 3.05) is 13.7 Å². The maximum Gasteiger partial charge on any atom is 0.330 e. The highest BCUT2D eigenvalue weighted by atomic mass is 31.1. The molecule has 1 fully saturated rings. The molecule has 0 aromatic carbocycles. The summed E-state index contributed by atoms with van der Waals surface area (Å²) in [5, 5.41) is 0. The summed E-state index contributed by atoms with van der Waals surface area (Å²) >= 11 is 0. The van der Waals surface area contributed by atoms with Gasteiger partial charge in [0.1, 0.15) is 18.1 Å². The van der Waals surface area contributed by atoms with Gasteiger partial charge in [0.15, 0.2) is 0 Å². The van der Waals surface area contributed by atoms with Crippen LogP contribution in [0.2, 0.25) is 0 Å². The second-order valence-corrected chi connectivity index (χ2v) is 6.35. The summed E-state index contributed by atoms with van der Waals surface area (Å²) in [5.41, 5.74) is -0.494. The zero-order valence-electron chi connectivity index (χ0n) is 13.3. The molecule has 0 amide bonds. The van der Waals surface area contributed by atoms with E-state index in [0.29, 0.717) is 30.8 Å². The summed E-state index contributed by atoms with van der Waals surface area (Å²) in [6, 6.07) is 0. The molecule has 1 N–H and O–H groups in total. The molecule has 1 aromatic heterocycles. The van der Waals surface area contributed by atoms with E-state index < -0.39 is 31.6 Å². The molecule has 2 rings (SSSR count). The van der Waals surface area contributed by atoms with E-state index in [9.17, 15) is 14.2 Å². The van der Waals surface area contributed by atoms with Crippen LogP contribution in [0.5, 0.6) is 0 Å². The van der Waals surface area contributed by atoms with Gasteiger partial charge in [0, 0.05) is 17.6 Å². The Kier molecular flexibility index (Phi) is 5.98. The minimum Gasteiger partial charge on any atom is -0.498 e. The van der Waals surface area contributed by atoms with Gasteiger partial charge in [-0.05, 0) is 26.7 Å². The van der Waals surface area contributed by atoms with Crippen molar-refractivity contribution in [3.8, 4) is 0 Å². The molecule has 1 aromatic rings. The lowest BCUT2D eigenvalue weighted by molar-refractivity contribution is -0.00586. The Bertz CT molecular complexity index is 723. The summed E-state index contributed by atoms with van der Waals surface area (Å²) in [6.45, 7) is 3.73. The molecule has 1 aliphatic heterocycles. The summed E-state index contributed by atoms with van der Waals surface area (Å²) in [7, 11) is -0.850. The van der Waals surface area contributed by atoms with E-state index in [4.69, 9.17) is 14.0 Å². The third kappa shape index (κ3) is 4.22. The summed E-state index contributed by atoms with van der Waals surface area (Å²) in [4.78, 5) is 25.6. The number of hydrogen-bond acceptors (Lipinski definition) is 6. The predicted octanol–water partition coefficient (Wildman–Crippen LogP) is 1.52. The van der Waals surface area contributed by atoms with Gasteiger partial charge in [-0.15, -0.1) is 0 Å².